The molecule has 2 aromatic heterocycles. The third-order valence-electron chi connectivity index (χ3n) is 5.13. The summed E-state index contributed by atoms with van der Waals surface area (Å²) >= 11 is 0. The van der Waals surface area contributed by atoms with Crippen LogP contribution in [0.15, 0.2) is 34.9 Å². The lowest BCUT2D eigenvalue weighted by molar-refractivity contribution is 0.102. The highest BCUT2D eigenvalue weighted by Crippen LogP contribution is 2.45. The van der Waals surface area contributed by atoms with Crippen molar-refractivity contribution in [1.82, 2.24) is 10.1 Å². The molecule has 6 heteroatoms. The van der Waals surface area contributed by atoms with Crippen LogP contribution >= 0.6 is 0 Å². The lowest BCUT2D eigenvalue weighted by atomic mass is 10.0. The Morgan fingerprint density at radius 2 is 2.00 bits per heavy atom. The summed E-state index contributed by atoms with van der Waals surface area (Å²) in [4.78, 5) is 17.8. The standard InChI is InChI=1S/C21H21N3O3/c1-2-26-17-6-4-3-5-15(17)22-20(25)14-11-16(12-7-8-12)23-21-18(14)19(24-27-21)13-9-10-13/h3-6,11-13H,2,7-10H2,1H3,(H,22,25). The van der Waals surface area contributed by atoms with Gasteiger partial charge in [0.1, 0.15) is 5.75 Å². The van der Waals surface area contributed by atoms with Crippen molar-refractivity contribution in [2.45, 2.75) is 44.4 Å². The number of carbonyl (C=O) groups excluding carboxylic acids is 1. The molecule has 0 atom stereocenters. The number of pyridine rings is 1. The van der Waals surface area contributed by atoms with Crippen molar-refractivity contribution in [1.29, 1.82) is 0 Å². The van der Waals surface area contributed by atoms with E-state index in [0.717, 1.165) is 42.5 Å². The maximum absolute atomic E-state index is 13.2. The highest BCUT2D eigenvalue weighted by molar-refractivity contribution is 6.13. The predicted octanol–water partition coefficient (Wildman–Crippen LogP) is 4.63. The second kappa shape index (κ2) is 6.37. The van der Waals surface area contributed by atoms with Gasteiger partial charge in [0.05, 0.1) is 28.9 Å². The molecule has 0 saturated heterocycles. The van der Waals surface area contributed by atoms with E-state index in [0.29, 0.717) is 41.2 Å². The first kappa shape index (κ1) is 16.3. The topological polar surface area (TPSA) is 77.2 Å². The second-order valence-corrected chi connectivity index (χ2v) is 7.27. The minimum atomic E-state index is -0.179. The average molecular weight is 363 g/mol. The van der Waals surface area contributed by atoms with E-state index in [1.54, 1.807) is 0 Å². The molecule has 2 aliphatic carbocycles. The van der Waals surface area contributed by atoms with E-state index in [9.17, 15) is 4.79 Å². The van der Waals surface area contributed by atoms with Crippen LogP contribution in [0.25, 0.3) is 11.1 Å². The van der Waals surface area contributed by atoms with E-state index >= 15 is 0 Å². The summed E-state index contributed by atoms with van der Waals surface area (Å²) < 4.78 is 11.1. The van der Waals surface area contributed by atoms with Gasteiger partial charge in [-0.15, -0.1) is 0 Å². The first-order valence-electron chi connectivity index (χ1n) is 9.58. The Balaban J connectivity index is 1.56. The van der Waals surface area contributed by atoms with Gasteiger partial charge >= 0.3 is 0 Å². The molecule has 2 heterocycles. The van der Waals surface area contributed by atoms with E-state index in [-0.39, 0.29) is 5.91 Å². The third kappa shape index (κ3) is 3.05. The van der Waals surface area contributed by atoms with Crippen molar-refractivity contribution in [3.8, 4) is 5.75 Å². The van der Waals surface area contributed by atoms with Gasteiger partial charge in [0.25, 0.3) is 11.6 Å². The molecule has 2 aliphatic rings. The maximum atomic E-state index is 13.2. The van der Waals surface area contributed by atoms with Gasteiger partial charge in [0.2, 0.25) is 0 Å². The van der Waals surface area contributed by atoms with Crippen LogP contribution in [0.2, 0.25) is 0 Å². The van der Waals surface area contributed by atoms with E-state index in [2.05, 4.69) is 15.5 Å². The van der Waals surface area contributed by atoms with E-state index < -0.39 is 0 Å². The zero-order chi connectivity index (χ0) is 18.4. The molecule has 0 unspecified atom stereocenters. The Hall–Kier alpha value is -2.89. The van der Waals surface area contributed by atoms with Gasteiger partial charge in [-0.25, -0.2) is 4.98 Å². The molecule has 27 heavy (non-hydrogen) atoms. The molecule has 1 N–H and O–H groups in total. The number of carbonyl (C=O) groups is 1. The molecule has 138 valence electrons. The summed E-state index contributed by atoms with van der Waals surface area (Å²) in [5.41, 5.74) is 3.51. The number of aromatic nitrogens is 2. The van der Waals surface area contributed by atoms with Gasteiger partial charge in [-0.3, -0.25) is 4.79 Å². The minimum Gasteiger partial charge on any atom is -0.492 e. The fourth-order valence-electron chi connectivity index (χ4n) is 3.44. The lowest BCUT2D eigenvalue weighted by Crippen LogP contribution is -2.14. The Bertz CT molecular complexity index is 1020. The molecule has 3 aromatic rings. The number of nitrogens with one attached hydrogen (secondary N) is 1. The molecular formula is C21H21N3O3. The first-order valence-corrected chi connectivity index (χ1v) is 9.58. The number of nitrogens with zero attached hydrogens (tertiary/aromatic N) is 2. The monoisotopic (exact) mass is 363 g/mol. The van der Waals surface area contributed by atoms with Crippen LogP contribution in [0.1, 0.15) is 66.2 Å². The maximum Gasteiger partial charge on any atom is 0.259 e. The van der Waals surface area contributed by atoms with E-state index in [1.165, 1.54) is 0 Å². The number of para-hydroxylation sites is 2. The lowest BCUT2D eigenvalue weighted by Gasteiger charge is -2.12. The van der Waals surface area contributed by atoms with E-state index in [4.69, 9.17) is 9.26 Å². The summed E-state index contributed by atoms with van der Waals surface area (Å²) in [6.45, 7) is 2.46. The molecule has 0 aliphatic heterocycles. The van der Waals surface area contributed by atoms with Crippen LogP contribution in [0.5, 0.6) is 5.75 Å². The molecule has 5 rings (SSSR count). The van der Waals surface area contributed by atoms with Crippen molar-refractivity contribution in [3.63, 3.8) is 0 Å². The summed E-state index contributed by atoms with van der Waals surface area (Å²) in [6, 6.07) is 9.39. The summed E-state index contributed by atoms with van der Waals surface area (Å²) in [6.07, 6.45) is 4.38. The molecule has 0 radical (unpaired) electrons. The van der Waals surface area contributed by atoms with Crippen molar-refractivity contribution >= 4 is 22.7 Å². The van der Waals surface area contributed by atoms with Gasteiger partial charge in [-0.05, 0) is 50.8 Å². The molecule has 0 bridgehead atoms. The molecule has 2 fully saturated rings. The number of benzene rings is 1. The Kier molecular flexibility index (Phi) is 3.85. The first-order chi connectivity index (χ1) is 13.2. The number of fused-ring (bicyclic) bond motifs is 1. The van der Waals surface area contributed by atoms with Gasteiger partial charge in [0, 0.05) is 17.5 Å². The Morgan fingerprint density at radius 1 is 1.22 bits per heavy atom. The number of hydrogen-bond donors (Lipinski definition) is 1. The van der Waals surface area contributed by atoms with Crippen LogP contribution in [0.4, 0.5) is 5.69 Å². The Morgan fingerprint density at radius 3 is 2.74 bits per heavy atom. The SMILES string of the molecule is CCOc1ccccc1NC(=O)c1cc(C2CC2)nc2onc(C3CC3)c12. The summed E-state index contributed by atoms with van der Waals surface area (Å²) in [5.74, 6) is 1.28. The number of rotatable bonds is 6. The quantitative estimate of drug-likeness (QED) is 0.691. The highest BCUT2D eigenvalue weighted by atomic mass is 16.5. The van der Waals surface area contributed by atoms with E-state index in [1.807, 2.05) is 37.3 Å². The largest absolute Gasteiger partial charge is 0.492 e. The second-order valence-electron chi connectivity index (χ2n) is 7.27. The van der Waals surface area contributed by atoms with Gasteiger partial charge in [0.15, 0.2) is 0 Å². The molecule has 1 amide bonds. The number of amides is 1. The molecular weight excluding hydrogens is 342 g/mol. The van der Waals surface area contributed by atoms with Crippen LogP contribution < -0.4 is 10.1 Å². The zero-order valence-electron chi connectivity index (χ0n) is 15.2. The minimum absolute atomic E-state index is 0.179. The van der Waals surface area contributed by atoms with Crippen molar-refractivity contribution in [2.24, 2.45) is 0 Å². The number of anilines is 1. The van der Waals surface area contributed by atoms with Gasteiger partial charge in [-0.2, -0.15) is 0 Å². The predicted molar refractivity (Wildman–Crippen MR) is 101 cm³/mol. The van der Waals surface area contributed by atoms with Crippen molar-refractivity contribution < 1.29 is 14.1 Å². The van der Waals surface area contributed by atoms with Gasteiger partial charge < -0.3 is 14.6 Å². The summed E-state index contributed by atoms with van der Waals surface area (Å²) in [7, 11) is 0. The Labute approximate surface area is 156 Å². The average Bonchev–Trinajstić information content (AvgIpc) is 3.60. The smallest absolute Gasteiger partial charge is 0.259 e. The molecule has 2 saturated carbocycles. The van der Waals surface area contributed by atoms with Crippen LogP contribution in [-0.2, 0) is 0 Å². The fraction of sp³-hybridized carbons (Fsp3) is 0.381. The van der Waals surface area contributed by atoms with Gasteiger partial charge in [-0.1, -0.05) is 17.3 Å². The normalized spacial score (nSPS) is 16.5. The zero-order valence-corrected chi connectivity index (χ0v) is 15.2. The van der Waals surface area contributed by atoms with Crippen molar-refractivity contribution in [2.75, 3.05) is 11.9 Å². The third-order valence-corrected chi connectivity index (χ3v) is 5.13. The van der Waals surface area contributed by atoms with Crippen molar-refractivity contribution in [3.05, 3.63) is 47.3 Å². The van der Waals surface area contributed by atoms with Crippen LogP contribution in [0.3, 0.4) is 0 Å². The molecule has 0 spiro atoms. The van der Waals surface area contributed by atoms with Crippen LogP contribution in [0, 0.1) is 0 Å². The highest BCUT2D eigenvalue weighted by Gasteiger charge is 2.34. The summed E-state index contributed by atoms with van der Waals surface area (Å²) in [5, 5.41) is 8.00. The number of ether oxygens (including phenoxy) is 1. The fourth-order valence-corrected chi connectivity index (χ4v) is 3.44. The number of hydrogen-bond acceptors (Lipinski definition) is 5. The van der Waals surface area contributed by atoms with Crippen LogP contribution in [-0.4, -0.2) is 22.7 Å². The molecule has 6 nitrogen and oxygen atoms in total. The molecule has 1 aromatic carbocycles.